The summed E-state index contributed by atoms with van der Waals surface area (Å²) in [5, 5.41) is 10.6. The van der Waals surface area contributed by atoms with E-state index in [9.17, 15) is 27.9 Å². The number of carbonyl (C=O) groups is 1. The summed E-state index contributed by atoms with van der Waals surface area (Å²) in [7, 11) is 0. The molecule has 1 aromatic rings. The van der Waals surface area contributed by atoms with Gasteiger partial charge in [0.15, 0.2) is 6.61 Å². The second kappa shape index (κ2) is 6.43. The van der Waals surface area contributed by atoms with E-state index in [-0.39, 0.29) is 62.8 Å². The fourth-order valence-electron chi connectivity index (χ4n) is 1.71. The maximum atomic E-state index is 12.5. The predicted octanol–water partition coefficient (Wildman–Crippen LogP) is -1.29. The number of nitro groups is 1. The van der Waals surface area contributed by atoms with Gasteiger partial charge in [-0.05, 0) is 12.5 Å². The fourth-order valence-corrected chi connectivity index (χ4v) is 1.71. The normalized spacial score (nSPS) is 14.2. The van der Waals surface area contributed by atoms with Crippen LogP contribution in [0.15, 0.2) is 18.2 Å². The quantitative estimate of drug-likeness (QED) is 0.395. The van der Waals surface area contributed by atoms with Crippen molar-refractivity contribution in [3.63, 3.8) is 0 Å². The van der Waals surface area contributed by atoms with E-state index in [0.29, 0.717) is 4.90 Å². The summed E-state index contributed by atoms with van der Waals surface area (Å²) >= 11 is 0. The number of nitro benzene ring substituents is 1. The molecule has 0 aliphatic carbocycles. The molecule has 0 saturated carbocycles. The fraction of sp³-hybridized carbons (Fsp3) is 0.222. The number of hydrogen-bond donors (Lipinski definition) is 0. The van der Waals surface area contributed by atoms with Crippen molar-refractivity contribution in [2.45, 2.75) is 0 Å². The molecule has 1 aliphatic rings. The van der Waals surface area contributed by atoms with Gasteiger partial charge in [0.2, 0.25) is 0 Å². The topological polar surface area (TPSA) is 72.7 Å². The number of rotatable bonds is 3. The predicted molar refractivity (Wildman–Crippen MR) is 60.0 cm³/mol. The van der Waals surface area contributed by atoms with Crippen LogP contribution in [0.2, 0.25) is 0 Å². The van der Waals surface area contributed by atoms with Crippen molar-refractivity contribution in [2.24, 2.45) is 0 Å². The molecule has 0 unspecified atom stereocenters. The summed E-state index contributed by atoms with van der Waals surface area (Å²) < 4.78 is 42.3. The van der Waals surface area contributed by atoms with Gasteiger partial charge in [0.05, 0.1) is 10.6 Å². The van der Waals surface area contributed by atoms with Crippen LogP contribution in [0.4, 0.5) is 24.3 Å². The van der Waals surface area contributed by atoms with Crippen LogP contribution >= 0.6 is 0 Å². The Hall–Kier alpha value is -0.619. The number of anilines is 1. The Kier molecular flexibility index (Phi) is 5.61. The molecule has 0 saturated heterocycles. The van der Waals surface area contributed by atoms with Gasteiger partial charge in [0, 0.05) is 12.1 Å². The van der Waals surface area contributed by atoms with Crippen molar-refractivity contribution >= 4 is 24.3 Å². The van der Waals surface area contributed by atoms with Crippen LogP contribution in [-0.4, -0.2) is 30.9 Å². The van der Waals surface area contributed by atoms with Crippen LogP contribution < -0.4 is 61.0 Å². The molecule has 2 rings (SSSR count). The summed E-state index contributed by atoms with van der Waals surface area (Å²) in [6, 6.07) is 3.18. The molecule has 11 heteroatoms. The second-order valence-electron chi connectivity index (χ2n) is 3.91. The molecule has 1 amide bonds. The van der Waals surface area contributed by atoms with Gasteiger partial charge < -0.3 is 22.6 Å². The minimum Gasteiger partial charge on any atom is -0.482 e. The Morgan fingerprint density at radius 1 is 1.40 bits per heavy atom. The molecule has 1 aliphatic heterocycles. The van der Waals surface area contributed by atoms with Gasteiger partial charge >= 0.3 is 58.4 Å². The van der Waals surface area contributed by atoms with Crippen molar-refractivity contribution in [3.05, 3.63) is 28.3 Å². The summed E-state index contributed by atoms with van der Waals surface area (Å²) in [6.07, 6.45) is -1.45. The van der Waals surface area contributed by atoms with Crippen molar-refractivity contribution in [1.82, 2.24) is 0 Å². The van der Waals surface area contributed by atoms with E-state index in [0.717, 1.165) is 12.1 Å². The second-order valence-corrected chi connectivity index (χ2v) is 3.91. The molecule has 0 bridgehead atoms. The first-order valence-electron chi connectivity index (χ1n) is 5.20. The Labute approximate surface area is 153 Å². The van der Waals surface area contributed by atoms with E-state index in [1.54, 1.807) is 0 Å². The van der Waals surface area contributed by atoms with Gasteiger partial charge in [0.1, 0.15) is 5.75 Å². The summed E-state index contributed by atoms with van der Waals surface area (Å²) in [6.45, 7) is -5.76. The molecule has 0 aromatic heterocycles. The van der Waals surface area contributed by atoms with E-state index < -0.39 is 36.5 Å². The average molecular weight is 314 g/mol. The zero-order chi connectivity index (χ0) is 14.2. The Balaban J connectivity index is 0.00000200. The number of benzene rings is 1. The van der Waals surface area contributed by atoms with E-state index in [2.05, 4.69) is 0 Å². The van der Waals surface area contributed by atoms with E-state index >= 15 is 0 Å². The van der Waals surface area contributed by atoms with E-state index in [1.165, 1.54) is 6.07 Å². The first-order valence-corrected chi connectivity index (χ1v) is 5.20. The van der Waals surface area contributed by atoms with Crippen LogP contribution in [0, 0.1) is 10.1 Å². The van der Waals surface area contributed by atoms with Crippen LogP contribution in [0.25, 0.3) is 0 Å². The Bertz CT molecular complexity index is 554. The number of nitrogens with zero attached hydrogens (tertiary/aromatic N) is 2. The number of ether oxygens (including phenoxy) is 1. The molecule has 0 N–H and O–H groups in total. The zero-order valence-corrected chi connectivity index (χ0v) is 13.5. The molecular weight excluding hydrogens is 307 g/mol. The van der Waals surface area contributed by atoms with Crippen LogP contribution in [0.3, 0.4) is 0 Å². The minimum absolute atomic E-state index is 0. The van der Waals surface area contributed by atoms with Gasteiger partial charge in [0.25, 0.3) is 11.6 Å². The van der Waals surface area contributed by atoms with Crippen molar-refractivity contribution in [2.75, 3.05) is 18.0 Å². The standard InChI is InChI=1S/C9H7BF3N2O4.K/c11-10(12,13)5-14-7-3-6(15(17)18)1-2-8(7)19-4-9(14)16;/h1-3H,4-5H2;/q-1;+1. The van der Waals surface area contributed by atoms with Crippen molar-refractivity contribution in [1.29, 1.82) is 0 Å². The maximum absolute atomic E-state index is 12.5. The molecule has 1 aromatic carbocycles. The third kappa shape index (κ3) is 3.95. The number of halogens is 3. The monoisotopic (exact) mass is 314 g/mol. The van der Waals surface area contributed by atoms with Gasteiger partial charge in [-0.25, -0.2) is 0 Å². The molecule has 20 heavy (non-hydrogen) atoms. The van der Waals surface area contributed by atoms with Crippen molar-refractivity contribution < 1.29 is 78.8 Å². The summed E-state index contributed by atoms with van der Waals surface area (Å²) in [5.74, 6) is -0.863. The SMILES string of the molecule is O=C1COc2ccc([N+](=O)[O-])cc2N1C[B-](F)(F)F.[K+]. The minimum atomic E-state index is -5.24. The smallest absolute Gasteiger partial charge is 0.482 e. The molecule has 102 valence electrons. The van der Waals surface area contributed by atoms with Gasteiger partial charge in [-0.3, -0.25) is 14.9 Å². The maximum Gasteiger partial charge on any atom is 1.00 e. The van der Waals surface area contributed by atoms with Gasteiger partial charge in [-0.15, -0.1) is 0 Å². The van der Waals surface area contributed by atoms with Crippen LogP contribution in [0.1, 0.15) is 0 Å². The number of amides is 1. The number of fused-ring (bicyclic) bond motifs is 1. The number of non-ortho nitro benzene ring substituents is 1. The zero-order valence-electron chi connectivity index (χ0n) is 10.4. The van der Waals surface area contributed by atoms with Crippen LogP contribution in [-0.2, 0) is 4.79 Å². The number of hydrogen-bond acceptors (Lipinski definition) is 4. The molecule has 0 spiro atoms. The molecule has 0 radical (unpaired) electrons. The Morgan fingerprint density at radius 3 is 2.60 bits per heavy atom. The van der Waals surface area contributed by atoms with Crippen molar-refractivity contribution in [3.8, 4) is 5.75 Å². The molecule has 0 fully saturated rings. The Morgan fingerprint density at radius 2 is 2.05 bits per heavy atom. The third-order valence-corrected chi connectivity index (χ3v) is 2.49. The molecule has 1 heterocycles. The van der Waals surface area contributed by atoms with Gasteiger partial charge in [-0.1, -0.05) is 0 Å². The first kappa shape index (κ1) is 17.4. The summed E-state index contributed by atoms with van der Waals surface area (Å²) in [5.41, 5.74) is -0.638. The third-order valence-electron chi connectivity index (χ3n) is 2.49. The summed E-state index contributed by atoms with van der Waals surface area (Å²) in [4.78, 5) is 21.8. The largest absolute Gasteiger partial charge is 1.00 e. The molecule has 6 nitrogen and oxygen atoms in total. The molecular formula is C9H7BF3KN2O4. The van der Waals surface area contributed by atoms with E-state index in [1.807, 2.05) is 0 Å². The average Bonchev–Trinajstić information content (AvgIpc) is 2.31. The molecule has 0 atom stereocenters. The van der Waals surface area contributed by atoms with Gasteiger partial charge in [-0.2, -0.15) is 0 Å². The number of carbonyl (C=O) groups excluding carboxylic acids is 1. The van der Waals surface area contributed by atoms with E-state index in [4.69, 9.17) is 4.74 Å². The first-order chi connectivity index (χ1) is 8.78. The van der Waals surface area contributed by atoms with Crippen LogP contribution in [0.5, 0.6) is 5.75 Å².